The topological polar surface area (TPSA) is 20.2 Å². The molecule has 0 aromatic heterocycles. The molecule has 0 bridgehead atoms. The van der Waals surface area contributed by atoms with Crippen molar-refractivity contribution in [2.24, 2.45) is 52.3 Å². The minimum absolute atomic E-state index is 0.236. The highest BCUT2D eigenvalue weighted by Gasteiger charge is 2.58. The number of allylic oxidation sites excluding steroid dienone is 2. The van der Waals surface area contributed by atoms with Gasteiger partial charge in [0.2, 0.25) is 0 Å². The fourth-order valence-electron chi connectivity index (χ4n) is 8.87. The summed E-state index contributed by atoms with van der Waals surface area (Å²) in [7, 11) is 0. The average molecular weight is 510 g/mol. The lowest BCUT2D eigenvalue weighted by molar-refractivity contribution is -0.0523. The minimum Gasteiger partial charge on any atom is -0.396 e. The van der Waals surface area contributed by atoms with Gasteiger partial charge < -0.3 is 5.11 Å². The van der Waals surface area contributed by atoms with Crippen LogP contribution in [0.4, 0.5) is 0 Å². The number of hydrogen-bond acceptors (Lipinski definition) is 1. The van der Waals surface area contributed by atoms with E-state index in [2.05, 4.69) is 63.5 Å². The lowest BCUT2D eigenvalue weighted by Crippen LogP contribution is -2.50. The van der Waals surface area contributed by atoms with Crippen molar-refractivity contribution >= 4 is 15.9 Å². The summed E-state index contributed by atoms with van der Waals surface area (Å²) in [4.78, 5) is 0. The predicted molar refractivity (Wildman–Crippen MR) is 143 cm³/mol. The summed E-state index contributed by atoms with van der Waals surface area (Å²) in [5.41, 5.74) is 3.06. The molecule has 1 nitrogen and oxygen atoms in total. The quantitative estimate of drug-likeness (QED) is 0.280. The summed E-state index contributed by atoms with van der Waals surface area (Å²) in [6.45, 7) is 15.5. The van der Waals surface area contributed by atoms with Crippen LogP contribution in [0.1, 0.15) is 112 Å². The zero-order chi connectivity index (χ0) is 23.5. The van der Waals surface area contributed by atoms with Gasteiger partial charge in [0.05, 0.1) is 6.61 Å². The minimum atomic E-state index is 0.236. The number of rotatable bonds is 6. The third kappa shape index (κ3) is 5.37. The van der Waals surface area contributed by atoms with Crippen LogP contribution in [-0.4, -0.2) is 17.0 Å². The van der Waals surface area contributed by atoms with E-state index in [9.17, 15) is 0 Å². The molecule has 8 atom stereocenters. The van der Waals surface area contributed by atoms with Crippen molar-refractivity contribution in [1.82, 2.24) is 0 Å². The second kappa shape index (κ2) is 11.3. The number of halogens is 1. The first kappa shape index (κ1) is 26.8. The number of fused-ring (bicyclic) bond motifs is 5. The first-order valence-corrected chi connectivity index (χ1v) is 15.2. The Kier molecular flexibility index (Phi) is 9.44. The van der Waals surface area contributed by atoms with Crippen LogP contribution in [0.3, 0.4) is 0 Å². The fraction of sp³-hybridized carbons (Fsp3) is 0.933. The van der Waals surface area contributed by atoms with E-state index in [1.165, 1.54) is 70.6 Å². The Morgan fingerprint density at radius 2 is 1.75 bits per heavy atom. The Morgan fingerprint density at radius 3 is 2.41 bits per heavy atom. The molecule has 3 saturated carbocycles. The van der Waals surface area contributed by atoms with Gasteiger partial charge in [0.25, 0.3) is 0 Å². The van der Waals surface area contributed by atoms with E-state index in [1.54, 1.807) is 0 Å². The molecule has 0 aromatic rings. The van der Waals surface area contributed by atoms with Gasteiger partial charge in [-0.25, -0.2) is 0 Å². The van der Waals surface area contributed by atoms with Crippen LogP contribution in [0.25, 0.3) is 0 Å². The van der Waals surface area contributed by atoms with Gasteiger partial charge in [-0.15, -0.1) is 0 Å². The number of hydrogen-bond donors (Lipinski definition) is 1. The molecule has 0 aromatic carbocycles. The Labute approximate surface area is 208 Å². The van der Waals surface area contributed by atoms with Gasteiger partial charge in [-0.3, -0.25) is 0 Å². The van der Waals surface area contributed by atoms with Crippen LogP contribution >= 0.6 is 15.9 Å². The number of aliphatic hydroxyl groups excluding tert-OH is 1. The Balaban J connectivity index is 0.000000668. The smallest absolute Gasteiger partial charge is 0.0528 e. The van der Waals surface area contributed by atoms with E-state index in [0.717, 1.165) is 41.4 Å². The van der Waals surface area contributed by atoms with Crippen LogP contribution < -0.4 is 0 Å². The molecule has 0 amide bonds. The van der Waals surface area contributed by atoms with Crippen LogP contribution in [0.15, 0.2) is 11.6 Å². The van der Waals surface area contributed by atoms with Crippen LogP contribution in [0.2, 0.25) is 0 Å². The largest absolute Gasteiger partial charge is 0.396 e. The first-order chi connectivity index (χ1) is 15.2. The highest BCUT2D eigenvalue weighted by molar-refractivity contribution is 9.09. The van der Waals surface area contributed by atoms with Crippen molar-refractivity contribution < 1.29 is 5.11 Å². The maximum absolute atomic E-state index is 7.83. The predicted octanol–water partition coefficient (Wildman–Crippen LogP) is 9.04. The van der Waals surface area contributed by atoms with Gasteiger partial charge in [-0.2, -0.15) is 0 Å². The Hall–Kier alpha value is 0.180. The molecule has 0 spiro atoms. The molecule has 1 N–H and O–H groups in total. The van der Waals surface area contributed by atoms with E-state index < -0.39 is 0 Å². The summed E-state index contributed by atoms with van der Waals surface area (Å²) in [6, 6.07) is 0. The van der Waals surface area contributed by atoms with Crippen molar-refractivity contribution in [1.29, 1.82) is 0 Å². The molecule has 4 rings (SSSR count). The van der Waals surface area contributed by atoms with E-state index >= 15 is 0 Å². The summed E-state index contributed by atoms with van der Waals surface area (Å²) in [6.07, 6.45) is 19.0. The molecule has 3 fully saturated rings. The van der Waals surface area contributed by atoms with Crippen LogP contribution in [-0.2, 0) is 0 Å². The summed E-state index contributed by atoms with van der Waals surface area (Å²) < 4.78 is 0. The van der Waals surface area contributed by atoms with Gasteiger partial charge in [0, 0.05) is 5.33 Å². The number of alkyl halides is 1. The highest BCUT2D eigenvalue weighted by Crippen LogP contribution is 2.67. The molecule has 8 unspecified atom stereocenters. The summed E-state index contributed by atoms with van der Waals surface area (Å²) in [5.74, 6) is 6.73. The normalized spacial score (nSPS) is 41.7. The third-order valence-electron chi connectivity index (χ3n) is 10.6. The van der Waals surface area contributed by atoms with Crippen molar-refractivity contribution in [2.75, 3.05) is 11.9 Å². The lowest BCUT2D eigenvalue weighted by atomic mass is 9.46. The third-order valence-corrected chi connectivity index (χ3v) is 11.0. The maximum Gasteiger partial charge on any atom is 0.0528 e. The molecule has 32 heavy (non-hydrogen) atoms. The second-order valence-corrected chi connectivity index (χ2v) is 13.8. The van der Waals surface area contributed by atoms with Gasteiger partial charge in [-0.05, 0) is 104 Å². The van der Waals surface area contributed by atoms with E-state index in [0.29, 0.717) is 16.2 Å². The summed E-state index contributed by atoms with van der Waals surface area (Å²) >= 11 is 3.00. The Morgan fingerprint density at radius 1 is 1.03 bits per heavy atom. The van der Waals surface area contributed by atoms with E-state index in [-0.39, 0.29) is 6.61 Å². The van der Waals surface area contributed by atoms with Gasteiger partial charge in [0.15, 0.2) is 0 Å². The molecule has 186 valence electrons. The number of aliphatic hydroxyl groups is 1. The molecule has 0 heterocycles. The fourth-order valence-corrected chi connectivity index (χ4v) is 8.87. The van der Waals surface area contributed by atoms with Crippen LogP contribution in [0, 0.1) is 52.3 Å². The van der Waals surface area contributed by atoms with Crippen LogP contribution in [0.5, 0.6) is 0 Å². The van der Waals surface area contributed by atoms with E-state index in [4.69, 9.17) is 5.11 Å². The van der Waals surface area contributed by atoms with E-state index in [1.807, 2.05) is 5.57 Å². The van der Waals surface area contributed by atoms with Gasteiger partial charge in [-0.1, -0.05) is 88.4 Å². The van der Waals surface area contributed by atoms with Crippen molar-refractivity contribution in [2.45, 2.75) is 112 Å². The Bertz CT molecular complexity index is 624. The molecular formula is C30H53BrO. The molecule has 4 aliphatic carbocycles. The summed E-state index contributed by atoms with van der Waals surface area (Å²) in [5, 5.41) is 8.52. The van der Waals surface area contributed by atoms with Gasteiger partial charge >= 0.3 is 0 Å². The standard InChI is InChI=1S/C28H48.C2H5BrO/c1-19(2)8-7-9-21(4)24-12-13-25-23-11-10-22-18-20(3)14-16-27(22,5)26(23)15-17-28(24,25)6;3-1-2-4/h10,19-21,23-26H,7-9,11-18H2,1-6H3;4H,1-2H2. The molecule has 0 aliphatic heterocycles. The zero-order valence-electron chi connectivity index (χ0n) is 22.1. The molecule has 4 aliphatic rings. The van der Waals surface area contributed by atoms with Crippen molar-refractivity contribution in [3.05, 3.63) is 11.6 Å². The highest BCUT2D eigenvalue weighted by atomic mass is 79.9. The monoisotopic (exact) mass is 508 g/mol. The molecule has 0 saturated heterocycles. The lowest BCUT2D eigenvalue weighted by Gasteiger charge is -2.58. The molecular weight excluding hydrogens is 456 g/mol. The molecule has 2 heteroatoms. The zero-order valence-corrected chi connectivity index (χ0v) is 23.7. The van der Waals surface area contributed by atoms with Crippen molar-refractivity contribution in [3.8, 4) is 0 Å². The average Bonchev–Trinajstić information content (AvgIpc) is 3.11. The molecule has 0 radical (unpaired) electrons. The van der Waals surface area contributed by atoms with Gasteiger partial charge in [0.1, 0.15) is 0 Å². The second-order valence-electron chi connectivity index (χ2n) is 13.1. The van der Waals surface area contributed by atoms with Crippen molar-refractivity contribution in [3.63, 3.8) is 0 Å². The first-order valence-electron chi connectivity index (χ1n) is 14.0. The SMILES string of the molecule is CC(C)CCCC(C)C1CCC2C3CC=C4CC(C)CCC4(C)C3CCC12C.OCCBr. The maximum atomic E-state index is 7.83.